The summed E-state index contributed by atoms with van der Waals surface area (Å²) >= 11 is 0. The van der Waals surface area contributed by atoms with Crippen LogP contribution in [0, 0.1) is 5.92 Å². The van der Waals surface area contributed by atoms with Gasteiger partial charge >= 0.3 is 0 Å². The molecule has 0 radical (unpaired) electrons. The van der Waals surface area contributed by atoms with Gasteiger partial charge < -0.3 is 9.47 Å². The van der Waals surface area contributed by atoms with Crippen molar-refractivity contribution < 1.29 is 4.79 Å². The number of hydrogen-bond acceptors (Lipinski definition) is 2. The summed E-state index contributed by atoms with van der Waals surface area (Å²) < 4.78 is 1.96. The second-order valence-corrected chi connectivity index (χ2v) is 4.15. The van der Waals surface area contributed by atoms with Crippen LogP contribution in [0.25, 0.3) is 0 Å². The van der Waals surface area contributed by atoms with Crippen LogP contribution in [0.15, 0.2) is 12.5 Å². The third-order valence-corrected chi connectivity index (χ3v) is 3.17. The van der Waals surface area contributed by atoms with Gasteiger partial charge in [-0.25, -0.2) is 4.98 Å². The first-order valence-corrected chi connectivity index (χ1v) is 5.46. The minimum Gasteiger partial charge on any atom is -0.337 e. The summed E-state index contributed by atoms with van der Waals surface area (Å²) in [6.45, 7) is 3.67. The molecule has 0 aromatic carbocycles. The Labute approximate surface area is 89.9 Å². The summed E-state index contributed by atoms with van der Waals surface area (Å²) in [6, 6.07) is 0. The van der Waals surface area contributed by atoms with Gasteiger partial charge in [0.2, 0.25) is 5.91 Å². The van der Waals surface area contributed by atoms with Crippen LogP contribution in [0.4, 0.5) is 0 Å². The molecule has 0 spiro atoms. The van der Waals surface area contributed by atoms with Crippen molar-refractivity contribution in [2.75, 3.05) is 6.54 Å². The molecule has 15 heavy (non-hydrogen) atoms. The molecular formula is C11H17N3O. The summed E-state index contributed by atoms with van der Waals surface area (Å²) in [7, 11) is 1.96. The molecule has 2 rings (SSSR count). The van der Waals surface area contributed by atoms with Gasteiger partial charge in [-0.1, -0.05) is 6.92 Å². The number of likely N-dealkylation sites (tertiary alicyclic amines) is 1. The molecular weight excluding hydrogens is 190 g/mol. The molecule has 0 bridgehead atoms. The summed E-state index contributed by atoms with van der Waals surface area (Å²) in [4.78, 5) is 17.9. The normalized spacial score (nSPS) is 21.3. The molecule has 82 valence electrons. The van der Waals surface area contributed by atoms with Crippen molar-refractivity contribution in [2.45, 2.75) is 26.3 Å². The fourth-order valence-electron chi connectivity index (χ4n) is 2.07. The molecule has 2 heterocycles. The maximum absolute atomic E-state index is 11.9. The Morgan fingerprint density at radius 1 is 1.60 bits per heavy atom. The van der Waals surface area contributed by atoms with Crippen molar-refractivity contribution in [3.63, 3.8) is 0 Å². The zero-order chi connectivity index (χ0) is 10.8. The number of amides is 1. The van der Waals surface area contributed by atoms with E-state index in [2.05, 4.69) is 11.9 Å². The fraction of sp³-hybridized carbons (Fsp3) is 0.636. The number of hydrogen-bond donors (Lipinski definition) is 0. The van der Waals surface area contributed by atoms with Gasteiger partial charge in [0.05, 0.1) is 18.6 Å². The number of aromatic nitrogens is 2. The van der Waals surface area contributed by atoms with Crippen LogP contribution >= 0.6 is 0 Å². The molecule has 1 fully saturated rings. The zero-order valence-corrected chi connectivity index (χ0v) is 9.31. The van der Waals surface area contributed by atoms with E-state index in [9.17, 15) is 4.79 Å². The highest BCUT2D eigenvalue weighted by Crippen LogP contribution is 2.22. The van der Waals surface area contributed by atoms with Gasteiger partial charge in [-0.3, -0.25) is 4.79 Å². The van der Waals surface area contributed by atoms with Crippen LogP contribution in [0.3, 0.4) is 0 Å². The molecule has 0 saturated carbocycles. The molecule has 1 aliphatic rings. The lowest BCUT2D eigenvalue weighted by Gasteiger charge is -2.16. The molecule has 1 aromatic rings. The van der Waals surface area contributed by atoms with Gasteiger partial charge in [0, 0.05) is 25.7 Å². The zero-order valence-electron chi connectivity index (χ0n) is 9.31. The molecule has 1 atom stereocenters. The van der Waals surface area contributed by atoms with E-state index in [1.807, 2.05) is 22.7 Å². The monoisotopic (exact) mass is 207 g/mol. The number of carbonyl (C=O) groups is 1. The number of nitrogens with zero attached hydrogens (tertiary/aromatic N) is 3. The van der Waals surface area contributed by atoms with Gasteiger partial charge in [0.1, 0.15) is 0 Å². The molecule has 0 aliphatic carbocycles. The number of imidazole rings is 1. The molecule has 4 nitrogen and oxygen atoms in total. The maximum atomic E-state index is 11.9. The lowest BCUT2D eigenvalue weighted by molar-refractivity contribution is -0.131. The first kappa shape index (κ1) is 10.2. The first-order valence-electron chi connectivity index (χ1n) is 5.46. The van der Waals surface area contributed by atoms with Crippen molar-refractivity contribution in [1.29, 1.82) is 0 Å². The van der Waals surface area contributed by atoms with Crippen LogP contribution in [-0.4, -0.2) is 26.9 Å². The predicted octanol–water partition coefficient (Wildman–Crippen LogP) is 1.18. The third-order valence-electron chi connectivity index (χ3n) is 3.17. The van der Waals surface area contributed by atoms with Crippen LogP contribution in [0.5, 0.6) is 0 Å². The SMILES string of the molecule is CCC1CCN(Cc2cncn2C)C1=O. The van der Waals surface area contributed by atoms with E-state index in [4.69, 9.17) is 0 Å². The average Bonchev–Trinajstić information content (AvgIpc) is 2.77. The van der Waals surface area contributed by atoms with Crippen LogP contribution < -0.4 is 0 Å². The van der Waals surface area contributed by atoms with E-state index in [1.165, 1.54) is 0 Å². The Bertz CT molecular complexity index is 358. The molecule has 1 aliphatic heterocycles. The largest absolute Gasteiger partial charge is 0.337 e. The summed E-state index contributed by atoms with van der Waals surface area (Å²) in [6.07, 6.45) is 5.56. The van der Waals surface area contributed by atoms with Gasteiger partial charge in [0.15, 0.2) is 0 Å². The van der Waals surface area contributed by atoms with E-state index in [1.54, 1.807) is 6.33 Å². The maximum Gasteiger partial charge on any atom is 0.226 e. The van der Waals surface area contributed by atoms with E-state index >= 15 is 0 Å². The van der Waals surface area contributed by atoms with E-state index < -0.39 is 0 Å². The highest BCUT2D eigenvalue weighted by molar-refractivity contribution is 5.80. The molecule has 1 unspecified atom stereocenters. The summed E-state index contributed by atoms with van der Waals surface area (Å²) in [5, 5.41) is 0. The van der Waals surface area contributed by atoms with Gasteiger partial charge in [0.25, 0.3) is 0 Å². The minimum absolute atomic E-state index is 0.248. The Hall–Kier alpha value is -1.32. The standard InChI is InChI=1S/C11H17N3O/c1-3-9-4-5-14(11(9)15)7-10-6-12-8-13(10)2/h6,8-9H,3-5,7H2,1-2H3. The second kappa shape index (κ2) is 4.04. The number of aryl methyl sites for hydroxylation is 1. The topological polar surface area (TPSA) is 38.1 Å². The highest BCUT2D eigenvalue weighted by Gasteiger charge is 2.30. The number of rotatable bonds is 3. The molecule has 4 heteroatoms. The van der Waals surface area contributed by atoms with Crippen molar-refractivity contribution in [1.82, 2.24) is 14.5 Å². The van der Waals surface area contributed by atoms with Gasteiger partial charge in [-0.2, -0.15) is 0 Å². The molecule has 1 aromatic heterocycles. The minimum atomic E-state index is 0.248. The molecule has 0 N–H and O–H groups in total. The molecule has 1 saturated heterocycles. The van der Waals surface area contributed by atoms with E-state index in [-0.39, 0.29) is 5.92 Å². The Morgan fingerprint density at radius 3 is 2.93 bits per heavy atom. The Balaban J connectivity index is 2.03. The first-order chi connectivity index (χ1) is 7.22. The van der Waals surface area contributed by atoms with Crippen LogP contribution in [0.1, 0.15) is 25.5 Å². The lowest BCUT2D eigenvalue weighted by Crippen LogP contribution is -2.27. The smallest absolute Gasteiger partial charge is 0.226 e. The highest BCUT2D eigenvalue weighted by atomic mass is 16.2. The second-order valence-electron chi connectivity index (χ2n) is 4.15. The van der Waals surface area contributed by atoms with Crippen LogP contribution in [-0.2, 0) is 18.4 Å². The summed E-state index contributed by atoms with van der Waals surface area (Å²) in [5.41, 5.74) is 1.10. The average molecular weight is 207 g/mol. The summed E-state index contributed by atoms with van der Waals surface area (Å²) in [5.74, 6) is 0.553. The van der Waals surface area contributed by atoms with Crippen molar-refractivity contribution in [2.24, 2.45) is 13.0 Å². The van der Waals surface area contributed by atoms with Crippen molar-refractivity contribution in [3.05, 3.63) is 18.2 Å². The lowest BCUT2D eigenvalue weighted by atomic mass is 10.1. The van der Waals surface area contributed by atoms with E-state index in [0.29, 0.717) is 12.5 Å². The Kier molecular flexibility index (Phi) is 2.75. The predicted molar refractivity (Wildman–Crippen MR) is 57.0 cm³/mol. The Morgan fingerprint density at radius 2 is 2.40 bits per heavy atom. The fourth-order valence-corrected chi connectivity index (χ4v) is 2.07. The third kappa shape index (κ3) is 1.89. The van der Waals surface area contributed by atoms with Crippen molar-refractivity contribution >= 4 is 5.91 Å². The number of carbonyl (C=O) groups excluding carboxylic acids is 1. The van der Waals surface area contributed by atoms with Crippen LogP contribution in [0.2, 0.25) is 0 Å². The van der Waals surface area contributed by atoms with Gasteiger partial charge in [-0.15, -0.1) is 0 Å². The van der Waals surface area contributed by atoms with Gasteiger partial charge in [-0.05, 0) is 12.8 Å². The van der Waals surface area contributed by atoms with Crippen molar-refractivity contribution in [3.8, 4) is 0 Å². The quantitative estimate of drug-likeness (QED) is 0.746. The van der Waals surface area contributed by atoms with E-state index in [0.717, 1.165) is 25.1 Å². The molecule has 1 amide bonds.